The van der Waals surface area contributed by atoms with Crippen LogP contribution >= 0.6 is 15.9 Å². The molecule has 0 radical (unpaired) electrons. The summed E-state index contributed by atoms with van der Waals surface area (Å²) in [6.45, 7) is -0.291. The Hall–Kier alpha value is -2.74. The van der Waals surface area contributed by atoms with Crippen LogP contribution in [0.4, 0.5) is 10.1 Å². The predicted octanol–water partition coefficient (Wildman–Crippen LogP) is 2.46. The van der Waals surface area contributed by atoms with Crippen LogP contribution in [-0.2, 0) is 9.59 Å². The third-order valence-corrected chi connectivity index (χ3v) is 4.06. The van der Waals surface area contributed by atoms with Gasteiger partial charge < -0.3 is 4.74 Å². The van der Waals surface area contributed by atoms with Gasteiger partial charge in [0.1, 0.15) is 18.1 Å². The number of hydrogen-bond donors (Lipinski definition) is 1. The Kier molecular flexibility index (Phi) is 5.08. The molecule has 1 heterocycles. The summed E-state index contributed by atoms with van der Waals surface area (Å²) < 4.78 is 18.8. The number of halogens is 2. The van der Waals surface area contributed by atoms with E-state index in [0.29, 0.717) is 21.5 Å². The normalized spacial score (nSPS) is 13.5. The molecule has 0 fully saturated rings. The lowest BCUT2D eigenvalue weighted by Crippen LogP contribution is -2.44. The number of hydrogen-bond acceptors (Lipinski definition) is 4. The Labute approximate surface area is 151 Å². The Morgan fingerprint density at radius 2 is 2.16 bits per heavy atom. The number of fused-ring (bicyclic) bond motifs is 1. The molecule has 1 N–H and O–H groups in total. The molecule has 2 aromatic carbocycles. The molecule has 2 aromatic rings. The van der Waals surface area contributed by atoms with Crippen molar-refractivity contribution < 1.29 is 18.7 Å². The van der Waals surface area contributed by atoms with Crippen molar-refractivity contribution in [1.82, 2.24) is 5.43 Å². The van der Waals surface area contributed by atoms with E-state index in [0.717, 1.165) is 0 Å². The fraction of sp³-hybridized carbons (Fsp3) is 0.118. The minimum Gasteiger partial charge on any atom is -0.482 e. The molecule has 6 nitrogen and oxygen atoms in total. The summed E-state index contributed by atoms with van der Waals surface area (Å²) in [5.41, 5.74) is 3.50. The first-order chi connectivity index (χ1) is 12.0. The zero-order chi connectivity index (χ0) is 17.8. The first-order valence-corrected chi connectivity index (χ1v) is 8.13. The maximum Gasteiger partial charge on any atom is 0.265 e. The summed E-state index contributed by atoms with van der Waals surface area (Å²) in [5, 5.41) is 3.82. The average molecular weight is 406 g/mol. The summed E-state index contributed by atoms with van der Waals surface area (Å²) >= 11 is 3.07. The van der Waals surface area contributed by atoms with Gasteiger partial charge in [-0.15, -0.1) is 0 Å². The predicted molar refractivity (Wildman–Crippen MR) is 94.1 cm³/mol. The van der Waals surface area contributed by atoms with Gasteiger partial charge in [-0.2, -0.15) is 5.10 Å². The smallest absolute Gasteiger partial charge is 0.265 e. The van der Waals surface area contributed by atoms with Gasteiger partial charge in [-0.3, -0.25) is 14.5 Å². The number of carbonyl (C=O) groups is 2. The van der Waals surface area contributed by atoms with Gasteiger partial charge in [0.15, 0.2) is 6.61 Å². The summed E-state index contributed by atoms with van der Waals surface area (Å²) in [6.07, 6.45) is 1.39. The second-order valence-corrected chi connectivity index (χ2v) is 6.06. The van der Waals surface area contributed by atoms with Gasteiger partial charge in [0, 0.05) is 0 Å². The zero-order valence-electron chi connectivity index (χ0n) is 12.9. The number of para-hydroxylation sites is 2. The zero-order valence-corrected chi connectivity index (χ0v) is 14.5. The summed E-state index contributed by atoms with van der Waals surface area (Å²) in [4.78, 5) is 25.4. The number of nitrogens with one attached hydrogen (secondary N) is 1. The molecular formula is C17H13BrFN3O3. The van der Waals surface area contributed by atoms with Crippen LogP contribution in [0.25, 0.3) is 0 Å². The highest BCUT2D eigenvalue weighted by atomic mass is 79.9. The van der Waals surface area contributed by atoms with E-state index in [1.807, 2.05) is 0 Å². The molecule has 0 aliphatic carbocycles. The van der Waals surface area contributed by atoms with Gasteiger partial charge in [0.05, 0.1) is 16.4 Å². The molecule has 0 bridgehead atoms. The van der Waals surface area contributed by atoms with Crippen LogP contribution in [0.15, 0.2) is 52.0 Å². The largest absolute Gasteiger partial charge is 0.482 e. The van der Waals surface area contributed by atoms with Gasteiger partial charge in [0.25, 0.3) is 11.8 Å². The van der Waals surface area contributed by atoms with Crippen molar-refractivity contribution in [2.45, 2.75) is 0 Å². The van der Waals surface area contributed by atoms with Gasteiger partial charge >= 0.3 is 0 Å². The Balaban J connectivity index is 1.63. The number of hydrazone groups is 1. The number of carbonyl (C=O) groups excluding carboxylic acids is 2. The molecule has 2 amide bonds. The quantitative estimate of drug-likeness (QED) is 0.627. The lowest BCUT2D eigenvalue weighted by atomic mass is 10.2. The first-order valence-electron chi connectivity index (χ1n) is 7.34. The van der Waals surface area contributed by atoms with Gasteiger partial charge in [0.2, 0.25) is 0 Å². The van der Waals surface area contributed by atoms with Crippen LogP contribution in [0.5, 0.6) is 5.75 Å². The van der Waals surface area contributed by atoms with E-state index >= 15 is 0 Å². The highest BCUT2D eigenvalue weighted by Gasteiger charge is 2.26. The van der Waals surface area contributed by atoms with E-state index in [1.165, 1.54) is 29.3 Å². The molecule has 0 saturated heterocycles. The lowest BCUT2D eigenvalue weighted by molar-refractivity contribution is -0.125. The van der Waals surface area contributed by atoms with Crippen molar-refractivity contribution in [3.63, 3.8) is 0 Å². The van der Waals surface area contributed by atoms with Crippen LogP contribution in [0.3, 0.4) is 0 Å². The minimum atomic E-state index is -0.456. The molecule has 0 spiro atoms. The van der Waals surface area contributed by atoms with Crippen molar-refractivity contribution in [2.75, 3.05) is 18.1 Å². The Bertz CT molecular complexity index is 857. The topological polar surface area (TPSA) is 71.0 Å². The van der Waals surface area contributed by atoms with Crippen LogP contribution < -0.4 is 15.1 Å². The molecule has 25 heavy (non-hydrogen) atoms. The Morgan fingerprint density at radius 1 is 1.36 bits per heavy atom. The van der Waals surface area contributed by atoms with Crippen molar-refractivity contribution >= 4 is 39.6 Å². The molecule has 8 heteroatoms. The lowest BCUT2D eigenvalue weighted by Gasteiger charge is -2.28. The van der Waals surface area contributed by atoms with E-state index in [-0.39, 0.29) is 24.9 Å². The molecular weight excluding hydrogens is 393 g/mol. The molecule has 1 aliphatic rings. The van der Waals surface area contributed by atoms with Crippen LogP contribution in [-0.4, -0.2) is 31.2 Å². The fourth-order valence-corrected chi connectivity index (χ4v) is 2.67. The number of nitrogens with zero attached hydrogens (tertiary/aromatic N) is 2. The average Bonchev–Trinajstić information content (AvgIpc) is 2.60. The summed E-state index contributed by atoms with van der Waals surface area (Å²) in [5.74, 6) is -0.594. The SMILES string of the molecule is O=C(CN1C(=O)COc2ccccc21)N/N=C\c1ccc(F)c(Br)c1. The first kappa shape index (κ1) is 17.1. The maximum absolute atomic E-state index is 13.2. The van der Waals surface area contributed by atoms with Crippen molar-refractivity contribution in [3.8, 4) is 5.75 Å². The number of ether oxygens (including phenoxy) is 1. The van der Waals surface area contributed by atoms with Gasteiger partial charge in [-0.05, 0) is 45.8 Å². The molecule has 0 saturated carbocycles. The second kappa shape index (κ2) is 7.43. The van der Waals surface area contributed by atoms with Gasteiger partial charge in [-0.1, -0.05) is 18.2 Å². The number of amides is 2. The third kappa shape index (κ3) is 4.03. The highest BCUT2D eigenvalue weighted by Crippen LogP contribution is 2.31. The molecule has 1 aliphatic heterocycles. The summed E-state index contributed by atoms with van der Waals surface area (Å²) in [6, 6.07) is 11.3. The van der Waals surface area contributed by atoms with Crippen LogP contribution in [0.2, 0.25) is 0 Å². The second-order valence-electron chi connectivity index (χ2n) is 5.20. The van der Waals surface area contributed by atoms with Gasteiger partial charge in [-0.25, -0.2) is 9.82 Å². The monoisotopic (exact) mass is 405 g/mol. The van der Waals surface area contributed by atoms with E-state index < -0.39 is 5.91 Å². The third-order valence-electron chi connectivity index (χ3n) is 3.46. The summed E-state index contributed by atoms with van der Waals surface area (Å²) in [7, 11) is 0. The van der Waals surface area contributed by atoms with Crippen molar-refractivity contribution in [2.24, 2.45) is 5.10 Å². The van der Waals surface area contributed by atoms with Crippen molar-refractivity contribution in [1.29, 1.82) is 0 Å². The van der Waals surface area contributed by atoms with Crippen LogP contribution in [0, 0.1) is 5.82 Å². The van der Waals surface area contributed by atoms with Crippen molar-refractivity contribution in [3.05, 3.63) is 58.3 Å². The molecule has 128 valence electrons. The van der Waals surface area contributed by atoms with E-state index in [4.69, 9.17) is 4.74 Å². The maximum atomic E-state index is 13.2. The Morgan fingerprint density at radius 3 is 2.96 bits per heavy atom. The number of anilines is 1. The number of benzene rings is 2. The molecule has 3 rings (SSSR count). The molecule has 0 atom stereocenters. The fourth-order valence-electron chi connectivity index (χ4n) is 2.28. The molecule has 0 aromatic heterocycles. The number of rotatable bonds is 4. The standard InChI is InChI=1S/C17H13BrFN3O3/c18-12-7-11(5-6-13(12)19)8-20-21-16(23)9-22-14-3-1-2-4-15(14)25-10-17(22)24/h1-8H,9-10H2,(H,21,23)/b20-8-. The van der Waals surface area contributed by atoms with E-state index in [2.05, 4.69) is 26.5 Å². The van der Waals surface area contributed by atoms with E-state index in [1.54, 1.807) is 24.3 Å². The molecule has 0 unspecified atom stereocenters. The minimum absolute atomic E-state index is 0.114. The highest BCUT2D eigenvalue weighted by molar-refractivity contribution is 9.10. The van der Waals surface area contributed by atoms with Crippen LogP contribution in [0.1, 0.15) is 5.56 Å². The van der Waals surface area contributed by atoms with E-state index in [9.17, 15) is 14.0 Å².